The number of amides is 1. The van der Waals surface area contributed by atoms with Gasteiger partial charge in [-0.15, -0.1) is 5.10 Å². The van der Waals surface area contributed by atoms with Crippen molar-refractivity contribution in [2.45, 2.75) is 65.0 Å². The summed E-state index contributed by atoms with van der Waals surface area (Å²) in [7, 11) is -2.78. The van der Waals surface area contributed by atoms with Crippen LogP contribution in [0.1, 0.15) is 64.0 Å². The molecule has 4 rings (SSSR count). The lowest BCUT2D eigenvalue weighted by Gasteiger charge is -2.34. The van der Waals surface area contributed by atoms with Gasteiger partial charge in [0.2, 0.25) is 5.88 Å². The Morgan fingerprint density at radius 3 is 2.52 bits per heavy atom. The summed E-state index contributed by atoms with van der Waals surface area (Å²) in [4.78, 5) is 20.0. The molecule has 0 saturated carbocycles. The molecule has 0 radical (unpaired) electrons. The number of ether oxygens (including phenoxy) is 1. The highest BCUT2D eigenvalue weighted by Crippen LogP contribution is 2.37. The number of aliphatic hydroxyl groups excluding tert-OH is 1. The Labute approximate surface area is 242 Å². The van der Waals surface area contributed by atoms with Gasteiger partial charge in [0.1, 0.15) is 16.4 Å². The van der Waals surface area contributed by atoms with E-state index in [1.54, 1.807) is 29.1 Å². The molecule has 1 aliphatic rings. The third-order valence-electron chi connectivity index (χ3n) is 6.42. The van der Waals surface area contributed by atoms with E-state index in [4.69, 9.17) is 9.72 Å². The first-order chi connectivity index (χ1) is 18.1. The SMILES string of the molecule is C[C@@H]1CN(c2nc(-n3ccc(OCC(C)(C)C)n3)ccc2C(=O)NS(=O)(=O)c2cn(C)nc2CO)C(C)(C)C1.S. The van der Waals surface area contributed by atoms with Gasteiger partial charge in [0.25, 0.3) is 15.9 Å². The van der Waals surface area contributed by atoms with Crippen molar-refractivity contribution < 1.29 is 23.1 Å². The Morgan fingerprint density at radius 2 is 1.93 bits per heavy atom. The normalized spacial score (nSPS) is 17.0. The second kappa shape index (κ2) is 11.4. The van der Waals surface area contributed by atoms with Gasteiger partial charge < -0.3 is 14.7 Å². The van der Waals surface area contributed by atoms with Gasteiger partial charge in [0.15, 0.2) is 5.82 Å². The third kappa shape index (κ3) is 6.78. The molecule has 14 heteroatoms. The second-order valence-corrected chi connectivity index (χ2v) is 13.6. The number of carbonyl (C=O) groups excluding carboxylic acids is 1. The van der Waals surface area contributed by atoms with Crippen LogP contribution in [0.5, 0.6) is 5.88 Å². The van der Waals surface area contributed by atoms with Crippen LogP contribution in [0.15, 0.2) is 35.5 Å². The second-order valence-electron chi connectivity index (χ2n) is 11.9. The molecule has 40 heavy (non-hydrogen) atoms. The summed E-state index contributed by atoms with van der Waals surface area (Å²) >= 11 is 0. The summed E-state index contributed by atoms with van der Waals surface area (Å²) in [5.41, 5.74) is -0.298. The highest BCUT2D eigenvalue weighted by atomic mass is 32.2. The summed E-state index contributed by atoms with van der Waals surface area (Å²) in [5, 5.41) is 18.0. The largest absolute Gasteiger partial charge is 0.476 e. The first kappa shape index (κ1) is 31.4. The number of sulfonamides is 1. The zero-order valence-corrected chi connectivity index (χ0v) is 25.8. The van der Waals surface area contributed by atoms with E-state index < -0.39 is 22.5 Å². The number of hydrogen-bond donors (Lipinski definition) is 2. The van der Waals surface area contributed by atoms with Crippen molar-refractivity contribution in [1.29, 1.82) is 0 Å². The molecule has 1 atom stereocenters. The number of nitrogens with zero attached hydrogens (tertiary/aromatic N) is 6. The number of aromatic nitrogens is 5. The third-order valence-corrected chi connectivity index (χ3v) is 7.79. The number of aryl methyl sites for hydroxylation is 1. The van der Waals surface area contributed by atoms with Crippen LogP contribution < -0.4 is 14.4 Å². The number of rotatable bonds is 8. The van der Waals surface area contributed by atoms with Crippen LogP contribution in [0.4, 0.5) is 5.82 Å². The molecule has 1 aliphatic heterocycles. The summed E-state index contributed by atoms with van der Waals surface area (Å²) < 4.78 is 36.9. The lowest BCUT2D eigenvalue weighted by atomic mass is 9.97. The van der Waals surface area contributed by atoms with Crippen molar-refractivity contribution in [3.63, 3.8) is 0 Å². The molecule has 1 amide bonds. The van der Waals surface area contributed by atoms with Crippen LogP contribution in [-0.4, -0.2) is 62.7 Å². The Hall–Kier alpha value is -3.10. The van der Waals surface area contributed by atoms with E-state index in [0.29, 0.717) is 36.6 Å². The van der Waals surface area contributed by atoms with Gasteiger partial charge >= 0.3 is 0 Å². The molecule has 3 aromatic heterocycles. The van der Waals surface area contributed by atoms with Crippen LogP contribution in [0.2, 0.25) is 0 Å². The van der Waals surface area contributed by atoms with Crippen molar-refractivity contribution in [3.05, 3.63) is 41.9 Å². The fraction of sp³-hybridized carbons (Fsp3) is 0.538. The summed E-state index contributed by atoms with van der Waals surface area (Å²) in [6.07, 6.45) is 3.84. The van der Waals surface area contributed by atoms with E-state index in [0.717, 1.165) is 6.42 Å². The number of pyridine rings is 1. The Balaban J connectivity index is 0.00000441. The van der Waals surface area contributed by atoms with E-state index >= 15 is 0 Å². The average molecular weight is 594 g/mol. The number of carbonyl (C=O) groups is 1. The molecule has 0 spiro atoms. The molecule has 0 aliphatic carbocycles. The predicted octanol–water partition coefficient (Wildman–Crippen LogP) is 2.77. The predicted molar refractivity (Wildman–Crippen MR) is 156 cm³/mol. The van der Waals surface area contributed by atoms with Crippen LogP contribution in [0.25, 0.3) is 5.82 Å². The zero-order valence-electron chi connectivity index (χ0n) is 24.0. The van der Waals surface area contributed by atoms with Crippen LogP contribution in [-0.2, 0) is 23.7 Å². The lowest BCUT2D eigenvalue weighted by molar-refractivity contribution is 0.0981. The van der Waals surface area contributed by atoms with Crippen molar-refractivity contribution in [2.24, 2.45) is 18.4 Å². The summed E-state index contributed by atoms with van der Waals surface area (Å²) in [6, 6.07) is 4.91. The molecule has 0 aromatic carbocycles. The van der Waals surface area contributed by atoms with Crippen LogP contribution in [0, 0.1) is 11.3 Å². The van der Waals surface area contributed by atoms with Crippen molar-refractivity contribution in [1.82, 2.24) is 29.3 Å². The van der Waals surface area contributed by atoms with Gasteiger partial charge in [-0.05, 0) is 43.7 Å². The van der Waals surface area contributed by atoms with Crippen LogP contribution in [0.3, 0.4) is 0 Å². The van der Waals surface area contributed by atoms with E-state index in [2.05, 4.69) is 56.5 Å². The van der Waals surface area contributed by atoms with Gasteiger partial charge in [0, 0.05) is 37.6 Å². The molecule has 1 saturated heterocycles. The standard InChI is InChI=1S/C26H37N7O5S.H2S/c1-17-12-26(5,6)32(13-17)23-18(24(35)30-39(36,37)20-14-31(7)28-19(20)15-34)8-9-21(27-23)33-11-10-22(29-33)38-16-25(2,3)4;/h8-11,14,17,34H,12-13,15-16H2,1-7H3,(H,30,35);1H2/t17-;/m0./s1. The van der Waals surface area contributed by atoms with Gasteiger partial charge in [-0.2, -0.15) is 18.6 Å². The molecule has 220 valence electrons. The summed E-state index contributed by atoms with van der Waals surface area (Å²) in [5.74, 6) is 0.778. The van der Waals surface area contributed by atoms with E-state index in [1.165, 1.54) is 17.9 Å². The molecule has 1 fully saturated rings. The van der Waals surface area contributed by atoms with E-state index in [1.807, 2.05) is 4.90 Å². The fourth-order valence-electron chi connectivity index (χ4n) is 4.79. The molecular weight excluding hydrogens is 554 g/mol. The average Bonchev–Trinajstić information content (AvgIpc) is 3.53. The highest BCUT2D eigenvalue weighted by molar-refractivity contribution is 7.90. The quantitative estimate of drug-likeness (QED) is 0.403. The Morgan fingerprint density at radius 1 is 1.23 bits per heavy atom. The summed E-state index contributed by atoms with van der Waals surface area (Å²) in [6.45, 7) is 13.0. The van der Waals surface area contributed by atoms with E-state index in [9.17, 15) is 18.3 Å². The number of anilines is 1. The number of nitrogens with one attached hydrogen (secondary N) is 1. The maximum absolute atomic E-state index is 13.5. The molecule has 2 N–H and O–H groups in total. The smallest absolute Gasteiger partial charge is 0.268 e. The molecule has 12 nitrogen and oxygen atoms in total. The molecule has 4 heterocycles. The fourth-order valence-corrected chi connectivity index (χ4v) is 5.96. The van der Waals surface area contributed by atoms with Gasteiger partial charge in [-0.3, -0.25) is 9.48 Å². The van der Waals surface area contributed by atoms with Crippen LogP contribution >= 0.6 is 13.5 Å². The van der Waals surface area contributed by atoms with Gasteiger partial charge in [-0.25, -0.2) is 22.8 Å². The topological polar surface area (TPSA) is 144 Å². The minimum absolute atomic E-state index is 0. The van der Waals surface area contributed by atoms with Crippen molar-refractivity contribution in [2.75, 3.05) is 18.1 Å². The maximum atomic E-state index is 13.5. The lowest BCUT2D eigenvalue weighted by Crippen LogP contribution is -2.41. The highest BCUT2D eigenvalue weighted by Gasteiger charge is 2.39. The van der Waals surface area contributed by atoms with Gasteiger partial charge in [0.05, 0.1) is 18.8 Å². The molecule has 0 unspecified atom stereocenters. The van der Waals surface area contributed by atoms with Gasteiger partial charge in [-0.1, -0.05) is 27.7 Å². The number of aliphatic hydroxyl groups is 1. The molecular formula is C26H39N7O5S2. The van der Waals surface area contributed by atoms with E-state index in [-0.39, 0.29) is 40.6 Å². The Bertz CT molecular complexity index is 1470. The Kier molecular flexibility index (Phi) is 8.97. The van der Waals surface area contributed by atoms with Crippen molar-refractivity contribution >= 4 is 35.2 Å². The first-order valence-corrected chi connectivity index (χ1v) is 14.3. The maximum Gasteiger partial charge on any atom is 0.268 e. The molecule has 3 aromatic rings. The first-order valence-electron chi connectivity index (χ1n) is 12.8. The monoisotopic (exact) mass is 593 g/mol. The zero-order chi connectivity index (χ0) is 28.8. The minimum atomic E-state index is -4.31. The minimum Gasteiger partial charge on any atom is -0.476 e. The molecule has 0 bridgehead atoms. The van der Waals surface area contributed by atoms with Crippen molar-refractivity contribution in [3.8, 4) is 11.7 Å². The number of hydrogen-bond acceptors (Lipinski definition) is 9.